The average Bonchev–Trinajstić information content (AvgIpc) is 3.21. The number of aromatic nitrogens is 1. The Hall–Kier alpha value is -2.48. The third-order valence-electron chi connectivity index (χ3n) is 5.75. The van der Waals surface area contributed by atoms with E-state index in [0.717, 1.165) is 31.2 Å². The number of thiazole rings is 1. The van der Waals surface area contributed by atoms with E-state index < -0.39 is 17.8 Å². The van der Waals surface area contributed by atoms with Gasteiger partial charge in [-0.3, -0.25) is 9.59 Å². The first-order chi connectivity index (χ1) is 16.4. The number of halogens is 2. The topological polar surface area (TPSA) is 59.5 Å². The van der Waals surface area contributed by atoms with Crippen molar-refractivity contribution in [3.05, 3.63) is 86.3 Å². The molecule has 0 bridgehead atoms. The zero-order chi connectivity index (χ0) is 24.2. The van der Waals surface area contributed by atoms with Gasteiger partial charge in [0, 0.05) is 24.0 Å². The minimum atomic E-state index is -0.940. The Kier molecular flexibility index (Phi) is 7.86. The molecule has 0 amide bonds. The Morgan fingerprint density at radius 1 is 1.21 bits per heavy atom. The Morgan fingerprint density at radius 3 is 2.59 bits per heavy atom. The SMILES string of the molecule is CCOC(=O)C1C(=O)C=C(c2ccc(Br)cc2)CC1c1sc(N(C)Cc2ccccc2)nc1Cl. The highest BCUT2D eigenvalue weighted by Crippen LogP contribution is 2.46. The van der Waals surface area contributed by atoms with Crippen molar-refractivity contribution in [3.63, 3.8) is 0 Å². The number of carbonyl (C=O) groups excluding carboxylic acids is 2. The molecule has 0 spiro atoms. The summed E-state index contributed by atoms with van der Waals surface area (Å²) in [6.45, 7) is 2.61. The standard InChI is InChI=1S/C26H24BrClN2O3S/c1-3-33-25(32)22-20(13-18(14-21(22)31)17-9-11-19(27)12-10-17)23-24(28)29-26(34-23)30(2)15-16-7-5-4-6-8-16/h4-12,14,20,22H,3,13,15H2,1-2H3. The van der Waals surface area contributed by atoms with E-state index in [2.05, 4.69) is 33.0 Å². The molecule has 1 aliphatic rings. The lowest BCUT2D eigenvalue weighted by atomic mass is 9.76. The van der Waals surface area contributed by atoms with E-state index in [1.807, 2.05) is 54.4 Å². The molecule has 4 rings (SSSR count). The Labute approximate surface area is 216 Å². The Bertz CT molecular complexity index is 1210. The second-order valence-electron chi connectivity index (χ2n) is 8.11. The van der Waals surface area contributed by atoms with E-state index in [9.17, 15) is 9.59 Å². The van der Waals surface area contributed by atoms with Gasteiger partial charge in [-0.15, -0.1) is 0 Å². The molecule has 2 unspecified atom stereocenters. The van der Waals surface area contributed by atoms with Crippen LogP contribution in [0.4, 0.5) is 5.13 Å². The summed E-state index contributed by atoms with van der Waals surface area (Å²) in [5.74, 6) is -2.17. The third kappa shape index (κ3) is 5.43. The quantitative estimate of drug-likeness (QED) is 0.244. The summed E-state index contributed by atoms with van der Waals surface area (Å²) in [5, 5.41) is 1.06. The number of hydrogen-bond acceptors (Lipinski definition) is 6. The normalized spacial score (nSPS) is 17.9. The van der Waals surface area contributed by atoms with Crippen molar-refractivity contribution in [1.29, 1.82) is 0 Å². The molecule has 1 aromatic heterocycles. The van der Waals surface area contributed by atoms with Gasteiger partial charge in [0.25, 0.3) is 0 Å². The molecule has 8 heteroatoms. The fourth-order valence-corrected chi connectivity index (χ4v) is 5.82. The van der Waals surface area contributed by atoms with Gasteiger partial charge in [0.05, 0.1) is 11.5 Å². The van der Waals surface area contributed by atoms with E-state index in [1.54, 1.807) is 13.0 Å². The van der Waals surface area contributed by atoms with Crippen molar-refractivity contribution in [2.24, 2.45) is 5.92 Å². The Morgan fingerprint density at radius 2 is 1.91 bits per heavy atom. The minimum absolute atomic E-state index is 0.208. The molecule has 0 aliphatic heterocycles. The Balaban J connectivity index is 1.68. The van der Waals surface area contributed by atoms with Crippen LogP contribution in [0.2, 0.25) is 5.15 Å². The minimum Gasteiger partial charge on any atom is -0.465 e. The number of esters is 1. The molecule has 5 nitrogen and oxygen atoms in total. The number of nitrogens with zero attached hydrogens (tertiary/aromatic N) is 2. The van der Waals surface area contributed by atoms with Gasteiger partial charge in [0.1, 0.15) is 11.1 Å². The lowest BCUT2D eigenvalue weighted by Crippen LogP contribution is -2.33. The molecule has 34 heavy (non-hydrogen) atoms. The van der Waals surface area contributed by atoms with E-state index in [0.29, 0.717) is 18.1 Å². The molecule has 0 saturated heterocycles. The smallest absolute Gasteiger partial charge is 0.317 e. The van der Waals surface area contributed by atoms with Crippen molar-refractivity contribution < 1.29 is 14.3 Å². The van der Waals surface area contributed by atoms with Gasteiger partial charge in [-0.1, -0.05) is 81.3 Å². The fraction of sp³-hybridized carbons (Fsp3) is 0.269. The summed E-state index contributed by atoms with van der Waals surface area (Å²) in [6, 6.07) is 17.9. The number of allylic oxidation sites excluding steroid dienone is 2. The van der Waals surface area contributed by atoms with Crippen LogP contribution in [0, 0.1) is 5.92 Å². The third-order valence-corrected chi connectivity index (χ3v) is 7.98. The van der Waals surface area contributed by atoms with Crippen molar-refractivity contribution in [3.8, 4) is 0 Å². The molecule has 1 heterocycles. The molecular formula is C26H24BrClN2O3S. The van der Waals surface area contributed by atoms with Crippen LogP contribution < -0.4 is 4.90 Å². The lowest BCUT2D eigenvalue weighted by molar-refractivity contribution is -0.151. The van der Waals surface area contributed by atoms with Crippen LogP contribution >= 0.6 is 38.9 Å². The first kappa shape index (κ1) is 24.6. The predicted octanol–water partition coefficient (Wildman–Crippen LogP) is 6.51. The molecule has 0 N–H and O–H groups in total. The summed E-state index contributed by atoms with van der Waals surface area (Å²) in [7, 11) is 1.95. The van der Waals surface area contributed by atoms with Crippen LogP contribution in [0.25, 0.3) is 5.57 Å². The molecule has 3 aromatic rings. The number of rotatable bonds is 7. The second kappa shape index (κ2) is 10.8. The maximum Gasteiger partial charge on any atom is 0.317 e. The van der Waals surface area contributed by atoms with E-state index in [1.165, 1.54) is 11.3 Å². The van der Waals surface area contributed by atoms with Crippen LogP contribution in [0.3, 0.4) is 0 Å². The molecule has 2 atom stereocenters. The molecule has 0 saturated carbocycles. The number of carbonyl (C=O) groups is 2. The van der Waals surface area contributed by atoms with E-state index in [-0.39, 0.29) is 12.4 Å². The van der Waals surface area contributed by atoms with Gasteiger partial charge in [0.15, 0.2) is 10.9 Å². The molecule has 0 radical (unpaired) electrons. The summed E-state index contributed by atoms with van der Waals surface area (Å²) < 4.78 is 6.22. The van der Waals surface area contributed by atoms with Crippen molar-refractivity contribution in [2.45, 2.75) is 25.8 Å². The summed E-state index contributed by atoms with van der Waals surface area (Å²) in [5.41, 5.74) is 2.95. The summed E-state index contributed by atoms with van der Waals surface area (Å²) in [6.07, 6.45) is 2.05. The lowest BCUT2D eigenvalue weighted by Gasteiger charge is -2.28. The average molecular weight is 560 g/mol. The first-order valence-electron chi connectivity index (χ1n) is 11.0. The maximum atomic E-state index is 13.2. The van der Waals surface area contributed by atoms with Crippen LogP contribution in [-0.4, -0.2) is 30.4 Å². The molecule has 0 fully saturated rings. The first-order valence-corrected chi connectivity index (χ1v) is 12.9. The highest BCUT2D eigenvalue weighted by atomic mass is 79.9. The van der Waals surface area contributed by atoms with Gasteiger partial charge in [-0.05, 0) is 48.3 Å². The van der Waals surface area contributed by atoms with Crippen LogP contribution in [0.1, 0.15) is 35.3 Å². The molecule has 176 valence electrons. The zero-order valence-corrected chi connectivity index (χ0v) is 22.0. The summed E-state index contributed by atoms with van der Waals surface area (Å²) in [4.78, 5) is 33.3. The number of ether oxygens (including phenoxy) is 1. The van der Waals surface area contributed by atoms with Gasteiger partial charge in [-0.2, -0.15) is 0 Å². The van der Waals surface area contributed by atoms with E-state index >= 15 is 0 Å². The van der Waals surface area contributed by atoms with Crippen LogP contribution in [0.5, 0.6) is 0 Å². The van der Waals surface area contributed by atoms with Gasteiger partial charge >= 0.3 is 5.97 Å². The molecule has 1 aliphatic carbocycles. The maximum absolute atomic E-state index is 13.2. The van der Waals surface area contributed by atoms with Gasteiger partial charge in [-0.25, -0.2) is 4.98 Å². The largest absolute Gasteiger partial charge is 0.465 e. The highest BCUT2D eigenvalue weighted by Gasteiger charge is 2.42. The molecular weight excluding hydrogens is 536 g/mol. The number of anilines is 1. The van der Waals surface area contributed by atoms with Crippen molar-refractivity contribution in [2.75, 3.05) is 18.6 Å². The summed E-state index contributed by atoms with van der Waals surface area (Å²) >= 11 is 11.5. The number of benzene rings is 2. The van der Waals surface area contributed by atoms with Gasteiger partial charge < -0.3 is 9.64 Å². The van der Waals surface area contributed by atoms with E-state index in [4.69, 9.17) is 16.3 Å². The van der Waals surface area contributed by atoms with Crippen LogP contribution in [0.15, 0.2) is 65.1 Å². The number of ketones is 1. The second-order valence-corrected chi connectivity index (χ2v) is 10.4. The van der Waals surface area contributed by atoms with Gasteiger partial charge in [0.2, 0.25) is 0 Å². The fourth-order valence-electron chi connectivity index (χ4n) is 4.11. The zero-order valence-electron chi connectivity index (χ0n) is 18.8. The highest BCUT2D eigenvalue weighted by molar-refractivity contribution is 9.10. The predicted molar refractivity (Wildman–Crippen MR) is 140 cm³/mol. The van der Waals surface area contributed by atoms with Crippen molar-refractivity contribution >= 4 is 61.3 Å². The number of hydrogen-bond donors (Lipinski definition) is 0. The van der Waals surface area contributed by atoms with Crippen LogP contribution in [-0.2, 0) is 20.9 Å². The van der Waals surface area contributed by atoms with Crippen molar-refractivity contribution in [1.82, 2.24) is 4.98 Å². The monoisotopic (exact) mass is 558 g/mol. The molecule has 2 aromatic carbocycles.